The highest BCUT2D eigenvalue weighted by atomic mass is 16.5. The molecule has 0 spiro atoms. The van der Waals surface area contributed by atoms with Crippen LogP contribution < -0.4 is 5.32 Å². The first-order valence-corrected chi connectivity index (χ1v) is 3.78. The monoisotopic (exact) mass is 129 g/mol. The lowest BCUT2D eigenvalue weighted by atomic mass is 10.2. The lowest BCUT2D eigenvalue weighted by Gasteiger charge is -2.23. The van der Waals surface area contributed by atoms with E-state index in [1.165, 1.54) is 12.8 Å². The van der Waals surface area contributed by atoms with Crippen LogP contribution in [-0.2, 0) is 4.74 Å². The van der Waals surface area contributed by atoms with Crippen LogP contribution >= 0.6 is 0 Å². The number of ether oxygens (including phenoxy) is 1. The van der Waals surface area contributed by atoms with E-state index in [0.29, 0.717) is 6.23 Å². The normalized spacial score (nSPS) is 28.3. The third-order valence-corrected chi connectivity index (χ3v) is 1.56. The minimum absolute atomic E-state index is 0.351. The van der Waals surface area contributed by atoms with Crippen molar-refractivity contribution in [2.75, 3.05) is 13.2 Å². The summed E-state index contributed by atoms with van der Waals surface area (Å²) in [6.07, 6.45) is 3.88. The van der Waals surface area contributed by atoms with Crippen molar-refractivity contribution in [2.24, 2.45) is 0 Å². The van der Waals surface area contributed by atoms with Crippen LogP contribution in [0.2, 0.25) is 0 Å². The highest BCUT2D eigenvalue weighted by molar-refractivity contribution is 4.59. The lowest BCUT2D eigenvalue weighted by Crippen LogP contribution is -2.37. The zero-order valence-electron chi connectivity index (χ0n) is 6.02. The quantitative estimate of drug-likeness (QED) is 0.603. The molecule has 1 saturated heterocycles. The van der Waals surface area contributed by atoms with Crippen molar-refractivity contribution < 1.29 is 4.74 Å². The van der Waals surface area contributed by atoms with E-state index in [2.05, 4.69) is 12.2 Å². The second-order valence-corrected chi connectivity index (χ2v) is 2.46. The van der Waals surface area contributed by atoms with E-state index in [0.717, 1.165) is 19.6 Å². The first-order chi connectivity index (χ1) is 4.43. The summed E-state index contributed by atoms with van der Waals surface area (Å²) in [4.78, 5) is 0. The molecule has 2 nitrogen and oxygen atoms in total. The van der Waals surface area contributed by atoms with Crippen molar-refractivity contribution in [3.63, 3.8) is 0 Å². The molecule has 0 saturated carbocycles. The number of hydrogen-bond acceptors (Lipinski definition) is 2. The Balaban J connectivity index is 2.08. The molecule has 9 heavy (non-hydrogen) atoms. The van der Waals surface area contributed by atoms with Crippen LogP contribution in [0.3, 0.4) is 0 Å². The molecule has 54 valence electrons. The first-order valence-electron chi connectivity index (χ1n) is 3.78. The van der Waals surface area contributed by atoms with E-state index in [-0.39, 0.29) is 0 Å². The van der Waals surface area contributed by atoms with Gasteiger partial charge in [-0.3, -0.25) is 5.32 Å². The van der Waals surface area contributed by atoms with Gasteiger partial charge in [0.15, 0.2) is 0 Å². The Hall–Kier alpha value is -0.0800. The first kappa shape index (κ1) is 7.03. The molecule has 1 unspecified atom stereocenters. The maximum Gasteiger partial charge on any atom is 0.108 e. The fourth-order valence-electron chi connectivity index (χ4n) is 1.07. The third kappa shape index (κ3) is 2.33. The van der Waals surface area contributed by atoms with Crippen molar-refractivity contribution in [3.8, 4) is 0 Å². The van der Waals surface area contributed by atoms with Gasteiger partial charge in [0.05, 0.1) is 0 Å². The van der Waals surface area contributed by atoms with Gasteiger partial charge in [-0.05, 0) is 19.4 Å². The molecule has 1 rings (SSSR count). The molecule has 1 fully saturated rings. The van der Waals surface area contributed by atoms with Crippen molar-refractivity contribution in [1.29, 1.82) is 0 Å². The predicted octanol–water partition coefficient (Wildman–Crippen LogP) is 1.12. The number of hydrogen-bond donors (Lipinski definition) is 1. The molecule has 0 aromatic rings. The smallest absolute Gasteiger partial charge is 0.108 e. The molecule has 0 aromatic carbocycles. The van der Waals surface area contributed by atoms with Crippen molar-refractivity contribution in [3.05, 3.63) is 0 Å². The fourth-order valence-corrected chi connectivity index (χ4v) is 1.07. The Morgan fingerprint density at radius 2 is 2.56 bits per heavy atom. The maximum absolute atomic E-state index is 5.41. The minimum Gasteiger partial charge on any atom is -0.363 e. The molecule has 0 radical (unpaired) electrons. The lowest BCUT2D eigenvalue weighted by molar-refractivity contribution is -0.00396. The van der Waals surface area contributed by atoms with Gasteiger partial charge in [-0.25, -0.2) is 0 Å². The largest absolute Gasteiger partial charge is 0.363 e. The van der Waals surface area contributed by atoms with Crippen LogP contribution in [0.1, 0.15) is 26.2 Å². The SMILES string of the molecule is CCCC1NCCCO1. The molecule has 1 atom stereocenters. The molecule has 2 heteroatoms. The average Bonchev–Trinajstić information content (AvgIpc) is 1.91. The zero-order valence-corrected chi connectivity index (χ0v) is 6.02. The molecule has 0 aliphatic carbocycles. The summed E-state index contributed by atoms with van der Waals surface area (Å²) in [5, 5.41) is 3.30. The van der Waals surface area contributed by atoms with Crippen LogP contribution in [0.5, 0.6) is 0 Å². The number of rotatable bonds is 2. The highest BCUT2D eigenvalue weighted by Gasteiger charge is 2.09. The topological polar surface area (TPSA) is 21.3 Å². The number of nitrogens with one attached hydrogen (secondary N) is 1. The molecular formula is C7H15NO. The summed E-state index contributed by atoms with van der Waals surface area (Å²) < 4.78 is 5.41. The van der Waals surface area contributed by atoms with Crippen LogP contribution in [0.25, 0.3) is 0 Å². The molecule has 1 heterocycles. The van der Waals surface area contributed by atoms with Crippen LogP contribution in [-0.4, -0.2) is 19.4 Å². The molecule has 1 aliphatic heterocycles. The van der Waals surface area contributed by atoms with Gasteiger partial charge in [-0.15, -0.1) is 0 Å². The Kier molecular flexibility index (Phi) is 3.01. The van der Waals surface area contributed by atoms with Gasteiger partial charge in [0.25, 0.3) is 0 Å². The average molecular weight is 129 g/mol. The van der Waals surface area contributed by atoms with Crippen LogP contribution in [0, 0.1) is 0 Å². The Bertz CT molecular complexity index is 66.6. The van der Waals surface area contributed by atoms with Crippen molar-refractivity contribution in [2.45, 2.75) is 32.4 Å². The van der Waals surface area contributed by atoms with Gasteiger partial charge in [-0.1, -0.05) is 13.3 Å². The van der Waals surface area contributed by atoms with E-state index < -0.39 is 0 Å². The zero-order chi connectivity index (χ0) is 6.53. The molecule has 1 aliphatic rings. The van der Waals surface area contributed by atoms with Gasteiger partial charge < -0.3 is 4.74 Å². The molecule has 1 N–H and O–H groups in total. The molecule has 0 aromatic heterocycles. The summed E-state index contributed by atoms with van der Waals surface area (Å²) in [6.45, 7) is 4.25. The fraction of sp³-hybridized carbons (Fsp3) is 1.00. The van der Waals surface area contributed by atoms with Crippen LogP contribution in [0.15, 0.2) is 0 Å². The maximum atomic E-state index is 5.41. The highest BCUT2D eigenvalue weighted by Crippen LogP contribution is 2.03. The Morgan fingerprint density at radius 1 is 1.67 bits per heavy atom. The second-order valence-electron chi connectivity index (χ2n) is 2.46. The summed E-state index contributed by atoms with van der Waals surface area (Å²) >= 11 is 0. The summed E-state index contributed by atoms with van der Waals surface area (Å²) in [7, 11) is 0. The predicted molar refractivity (Wildman–Crippen MR) is 37.3 cm³/mol. The second kappa shape index (κ2) is 3.85. The van der Waals surface area contributed by atoms with Crippen molar-refractivity contribution >= 4 is 0 Å². The van der Waals surface area contributed by atoms with Gasteiger partial charge in [-0.2, -0.15) is 0 Å². The van der Waals surface area contributed by atoms with E-state index in [4.69, 9.17) is 4.74 Å². The minimum atomic E-state index is 0.351. The van der Waals surface area contributed by atoms with Crippen molar-refractivity contribution in [1.82, 2.24) is 5.32 Å². The standard InChI is InChI=1S/C7H15NO/c1-2-4-7-8-5-3-6-9-7/h7-8H,2-6H2,1H3. The van der Waals surface area contributed by atoms with E-state index >= 15 is 0 Å². The molecule has 0 amide bonds. The molecule has 0 bridgehead atoms. The van der Waals surface area contributed by atoms with E-state index in [9.17, 15) is 0 Å². The van der Waals surface area contributed by atoms with Gasteiger partial charge in [0.2, 0.25) is 0 Å². The van der Waals surface area contributed by atoms with Gasteiger partial charge >= 0.3 is 0 Å². The van der Waals surface area contributed by atoms with Gasteiger partial charge in [0.1, 0.15) is 6.23 Å². The van der Waals surface area contributed by atoms with Gasteiger partial charge in [0, 0.05) is 6.61 Å². The summed E-state index contributed by atoms with van der Waals surface area (Å²) in [6, 6.07) is 0. The van der Waals surface area contributed by atoms with Crippen LogP contribution in [0.4, 0.5) is 0 Å². The summed E-state index contributed by atoms with van der Waals surface area (Å²) in [5.74, 6) is 0. The van der Waals surface area contributed by atoms with E-state index in [1.807, 2.05) is 0 Å². The Morgan fingerprint density at radius 3 is 3.11 bits per heavy atom. The third-order valence-electron chi connectivity index (χ3n) is 1.56. The Labute approximate surface area is 56.6 Å². The summed E-state index contributed by atoms with van der Waals surface area (Å²) in [5.41, 5.74) is 0. The molecular weight excluding hydrogens is 114 g/mol. The van der Waals surface area contributed by atoms with E-state index in [1.54, 1.807) is 0 Å².